The number of rotatable bonds is 6. The lowest BCUT2D eigenvalue weighted by Crippen LogP contribution is -2.36. The number of benzene rings is 1. The van der Waals surface area contributed by atoms with Gasteiger partial charge in [0, 0.05) is 13.1 Å². The number of imidazole rings is 1. The van der Waals surface area contributed by atoms with E-state index in [-0.39, 0.29) is 30.5 Å². The number of halogens is 3. The van der Waals surface area contributed by atoms with Crippen LogP contribution in [-0.2, 0) is 22.3 Å². The van der Waals surface area contributed by atoms with Crippen LogP contribution in [0.25, 0.3) is 11.0 Å². The number of hydrogen-bond acceptors (Lipinski definition) is 3. The van der Waals surface area contributed by atoms with Gasteiger partial charge in [-0.25, -0.2) is 4.98 Å². The standard InChI is InChI=1S/C15H16F3N3O3/c1-2-20(8-7-13(23)24)12(22)9-21-11-6-4-3-5-10(11)19-14(21)15(16,17)18/h3-6H,2,7-9H2,1H3,(H,23,24). The van der Waals surface area contributed by atoms with Gasteiger partial charge < -0.3 is 14.6 Å². The summed E-state index contributed by atoms with van der Waals surface area (Å²) in [7, 11) is 0. The van der Waals surface area contributed by atoms with Crippen molar-refractivity contribution in [2.75, 3.05) is 13.1 Å². The van der Waals surface area contributed by atoms with Crippen molar-refractivity contribution >= 4 is 22.9 Å². The number of aromatic nitrogens is 2. The van der Waals surface area contributed by atoms with Crippen molar-refractivity contribution in [1.29, 1.82) is 0 Å². The summed E-state index contributed by atoms with van der Waals surface area (Å²) in [6, 6.07) is 6.02. The molecule has 0 bridgehead atoms. The maximum Gasteiger partial charge on any atom is 0.449 e. The zero-order valence-electron chi connectivity index (χ0n) is 12.9. The van der Waals surface area contributed by atoms with Crippen LogP contribution in [0.4, 0.5) is 13.2 Å². The fraction of sp³-hybridized carbons (Fsp3) is 0.400. The predicted octanol–water partition coefficient (Wildman–Crippen LogP) is 2.38. The molecule has 1 heterocycles. The lowest BCUT2D eigenvalue weighted by atomic mass is 10.3. The van der Waals surface area contributed by atoms with E-state index in [1.807, 2.05) is 0 Å². The molecular formula is C15H16F3N3O3. The molecule has 9 heteroatoms. The second-order valence-electron chi connectivity index (χ2n) is 5.13. The molecule has 6 nitrogen and oxygen atoms in total. The molecule has 0 fully saturated rings. The second kappa shape index (κ2) is 6.90. The van der Waals surface area contributed by atoms with Gasteiger partial charge in [0.05, 0.1) is 17.5 Å². The van der Waals surface area contributed by atoms with Gasteiger partial charge in [-0.15, -0.1) is 0 Å². The van der Waals surface area contributed by atoms with Crippen LogP contribution in [0, 0.1) is 0 Å². The SMILES string of the molecule is CCN(CCC(=O)O)C(=O)Cn1c(C(F)(F)F)nc2ccccc21. The molecule has 1 aromatic heterocycles. The van der Waals surface area contributed by atoms with Gasteiger partial charge in [-0.2, -0.15) is 13.2 Å². The summed E-state index contributed by atoms with van der Waals surface area (Å²) in [6.07, 6.45) is -4.96. The molecule has 0 aliphatic carbocycles. The number of carboxylic acid groups (broad SMARTS) is 1. The third-order valence-electron chi connectivity index (χ3n) is 3.53. The Morgan fingerprint density at radius 2 is 1.96 bits per heavy atom. The topological polar surface area (TPSA) is 75.4 Å². The highest BCUT2D eigenvalue weighted by molar-refractivity contribution is 5.81. The third kappa shape index (κ3) is 3.84. The van der Waals surface area contributed by atoms with E-state index in [1.54, 1.807) is 19.1 Å². The summed E-state index contributed by atoms with van der Waals surface area (Å²) < 4.78 is 40.4. The Bertz CT molecular complexity index is 755. The number of carbonyl (C=O) groups is 2. The Balaban J connectivity index is 2.34. The van der Waals surface area contributed by atoms with Gasteiger partial charge in [0.2, 0.25) is 11.7 Å². The number of likely N-dealkylation sites (N-methyl/N-ethyl adjacent to an activating group) is 1. The highest BCUT2D eigenvalue weighted by Crippen LogP contribution is 2.31. The lowest BCUT2D eigenvalue weighted by molar-refractivity contribution is -0.148. The molecule has 0 spiro atoms. The van der Waals surface area contributed by atoms with Gasteiger partial charge in [0.25, 0.3) is 0 Å². The average molecular weight is 343 g/mol. The summed E-state index contributed by atoms with van der Waals surface area (Å²) in [5.41, 5.74) is 0.346. The Morgan fingerprint density at radius 1 is 1.29 bits per heavy atom. The first-order chi connectivity index (χ1) is 11.2. The van der Waals surface area contributed by atoms with E-state index in [0.29, 0.717) is 0 Å². The average Bonchev–Trinajstić information content (AvgIpc) is 2.87. The van der Waals surface area contributed by atoms with Gasteiger partial charge in [-0.05, 0) is 19.1 Å². The molecule has 1 aromatic carbocycles. The molecule has 0 saturated heterocycles. The zero-order chi connectivity index (χ0) is 17.9. The molecule has 0 unspecified atom stereocenters. The minimum Gasteiger partial charge on any atom is -0.481 e. The smallest absolute Gasteiger partial charge is 0.449 e. The van der Waals surface area contributed by atoms with Gasteiger partial charge >= 0.3 is 12.1 Å². The number of nitrogens with zero attached hydrogens (tertiary/aromatic N) is 3. The number of hydrogen-bond donors (Lipinski definition) is 1. The molecule has 24 heavy (non-hydrogen) atoms. The zero-order valence-corrected chi connectivity index (χ0v) is 12.9. The minimum absolute atomic E-state index is 0.0569. The Hall–Kier alpha value is -2.58. The molecule has 0 saturated carbocycles. The van der Waals surface area contributed by atoms with Crippen molar-refractivity contribution in [3.63, 3.8) is 0 Å². The van der Waals surface area contributed by atoms with E-state index in [1.165, 1.54) is 17.0 Å². The predicted molar refractivity (Wildman–Crippen MR) is 79.2 cm³/mol. The fourth-order valence-corrected chi connectivity index (χ4v) is 2.38. The Kier molecular flexibility index (Phi) is 5.10. The molecule has 0 aliphatic heterocycles. The highest BCUT2D eigenvalue weighted by Gasteiger charge is 2.38. The first-order valence-electron chi connectivity index (χ1n) is 7.26. The van der Waals surface area contributed by atoms with Crippen LogP contribution >= 0.6 is 0 Å². The van der Waals surface area contributed by atoms with E-state index in [0.717, 1.165) is 4.57 Å². The molecule has 0 radical (unpaired) electrons. The number of amides is 1. The van der Waals surface area contributed by atoms with Crippen molar-refractivity contribution in [3.8, 4) is 0 Å². The summed E-state index contributed by atoms with van der Waals surface area (Å²) in [5, 5.41) is 8.69. The Morgan fingerprint density at radius 3 is 2.54 bits per heavy atom. The van der Waals surface area contributed by atoms with Crippen LogP contribution < -0.4 is 0 Å². The van der Waals surface area contributed by atoms with Crippen molar-refractivity contribution in [2.45, 2.75) is 26.1 Å². The second-order valence-corrected chi connectivity index (χ2v) is 5.13. The molecular weight excluding hydrogens is 327 g/mol. The first kappa shape index (κ1) is 17.8. The van der Waals surface area contributed by atoms with Gasteiger partial charge in [-0.1, -0.05) is 12.1 Å². The van der Waals surface area contributed by atoms with E-state index < -0.39 is 30.4 Å². The summed E-state index contributed by atoms with van der Waals surface area (Å²) in [5.74, 6) is -2.82. The number of carbonyl (C=O) groups excluding carboxylic acids is 1. The monoisotopic (exact) mass is 343 g/mol. The first-order valence-corrected chi connectivity index (χ1v) is 7.26. The number of fused-ring (bicyclic) bond motifs is 1. The Labute approximate surface area is 135 Å². The van der Waals surface area contributed by atoms with Crippen molar-refractivity contribution in [1.82, 2.24) is 14.5 Å². The van der Waals surface area contributed by atoms with Crippen LogP contribution in [-0.4, -0.2) is 44.5 Å². The largest absolute Gasteiger partial charge is 0.481 e. The van der Waals surface area contributed by atoms with Crippen LogP contribution in [0.3, 0.4) is 0 Å². The fourth-order valence-electron chi connectivity index (χ4n) is 2.38. The maximum absolute atomic E-state index is 13.2. The van der Waals surface area contributed by atoms with Crippen molar-refractivity contribution < 1.29 is 27.9 Å². The van der Waals surface area contributed by atoms with Gasteiger partial charge in [-0.3, -0.25) is 9.59 Å². The molecule has 2 rings (SSSR count). The van der Waals surface area contributed by atoms with E-state index >= 15 is 0 Å². The minimum atomic E-state index is -4.70. The van der Waals surface area contributed by atoms with E-state index in [4.69, 9.17) is 5.11 Å². The highest BCUT2D eigenvalue weighted by atomic mass is 19.4. The number of para-hydroxylation sites is 2. The summed E-state index contributed by atoms with van der Waals surface area (Å²) >= 11 is 0. The third-order valence-corrected chi connectivity index (χ3v) is 3.53. The summed E-state index contributed by atoms with van der Waals surface area (Å²) in [4.78, 5) is 27.7. The van der Waals surface area contributed by atoms with Gasteiger partial charge in [0.1, 0.15) is 6.54 Å². The quantitative estimate of drug-likeness (QED) is 0.874. The van der Waals surface area contributed by atoms with Crippen LogP contribution in [0.5, 0.6) is 0 Å². The van der Waals surface area contributed by atoms with Crippen LogP contribution in [0.2, 0.25) is 0 Å². The molecule has 130 valence electrons. The summed E-state index contributed by atoms with van der Waals surface area (Å²) in [6.45, 7) is 1.23. The molecule has 1 N–H and O–H groups in total. The van der Waals surface area contributed by atoms with Crippen LogP contribution in [0.1, 0.15) is 19.2 Å². The van der Waals surface area contributed by atoms with E-state index in [2.05, 4.69) is 4.98 Å². The van der Waals surface area contributed by atoms with E-state index in [9.17, 15) is 22.8 Å². The molecule has 0 aliphatic rings. The van der Waals surface area contributed by atoms with Crippen molar-refractivity contribution in [3.05, 3.63) is 30.1 Å². The molecule has 0 atom stereocenters. The van der Waals surface area contributed by atoms with Crippen molar-refractivity contribution in [2.24, 2.45) is 0 Å². The van der Waals surface area contributed by atoms with Crippen LogP contribution in [0.15, 0.2) is 24.3 Å². The number of aliphatic carboxylic acids is 1. The number of alkyl halides is 3. The lowest BCUT2D eigenvalue weighted by Gasteiger charge is -2.21. The molecule has 1 amide bonds. The van der Waals surface area contributed by atoms with Gasteiger partial charge in [0.15, 0.2) is 0 Å². The maximum atomic E-state index is 13.2. The molecule has 2 aromatic rings. The number of carboxylic acids is 1. The normalized spacial score (nSPS) is 11.7.